The van der Waals surface area contributed by atoms with Gasteiger partial charge in [-0.05, 0) is 18.6 Å². The van der Waals surface area contributed by atoms with Crippen LogP contribution in [0.5, 0.6) is 0 Å². The van der Waals surface area contributed by atoms with Crippen LogP contribution in [0.25, 0.3) is 4.91 Å². The number of rotatable bonds is 1. The zero-order chi connectivity index (χ0) is 16.0. The van der Waals surface area contributed by atoms with Crippen molar-refractivity contribution in [2.75, 3.05) is 5.32 Å². The Morgan fingerprint density at radius 1 is 1.30 bits per heavy atom. The van der Waals surface area contributed by atoms with Gasteiger partial charge in [0, 0.05) is 29.1 Å². The van der Waals surface area contributed by atoms with Crippen molar-refractivity contribution in [2.24, 2.45) is 0 Å². The van der Waals surface area contributed by atoms with E-state index in [2.05, 4.69) is 25.8 Å². The van der Waals surface area contributed by atoms with E-state index in [1.807, 2.05) is 13.0 Å². The molecule has 114 valence electrons. The molecule has 0 saturated heterocycles. The summed E-state index contributed by atoms with van der Waals surface area (Å²) in [4.78, 5) is 17.6. The average molecular weight is 324 g/mol. The molecular formula is C15H12N6OS. The highest BCUT2D eigenvalue weighted by Crippen LogP contribution is 2.39. The molecule has 0 bridgehead atoms. The van der Waals surface area contributed by atoms with Gasteiger partial charge in [0.15, 0.2) is 0 Å². The Balaban J connectivity index is 1.71. The van der Waals surface area contributed by atoms with E-state index in [-0.39, 0.29) is 11.6 Å². The standard InChI is InChI=1S/C15H12N6OS/c1-7-2-9-13(17-3-7)12(16)11(14(22)21-9)15-18-6-10(23-15)8-4-19-20-5-8/h2-6,16,18H,1H3,(H,19,20)(H,21,22)/b15-11-,16-12?. The molecule has 7 nitrogen and oxygen atoms in total. The molecular weight excluding hydrogens is 312 g/mol. The fourth-order valence-electron chi connectivity index (χ4n) is 2.45. The molecule has 0 saturated carbocycles. The summed E-state index contributed by atoms with van der Waals surface area (Å²) in [5.74, 6) is -0.299. The molecule has 0 fully saturated rings. The van der Waals surface area contributed by atoms with Crippen LogP contribution in [0.15, 0.2) is 41.5 Å². The van der Waals surface area contributed by atoms with Crippen LogP contribution in [0.1, 0.15) is 16.8 Å². The van der Waals surface area contributed by atoms with Crippen molar-refractivity contribution < 1.29 is 4.79 Å². The SMILES string of the molecule is Cc1cnc2c(c1)NC(=O)/C(=C1/NC=C(c3cn[nH]c3)S1)C2=N. The molecule has 2 aromatic rings. The third-order valence-corrected chi connectivity index (χ3v) is 4.64. The summed E-state index contributed by atoms with van der Waals surface area (Å²) in [6.45, 7) is 1.90. The van der Waals surface area contributed by atoms with E-state index in [1.54, 1.807) is 24.8 Å². The van der Waals surface area contributed by atoms with E-state index >= 15 is 0 Å². The first-order valence-electron chi connectivity index (χ1n) is 6.89. The normalized spacial score (nSPS) is 20.0. The van der Waals surface area contributed by atoms with E-state index in [0.29, 0.717) is 22.0 Å². The lowest BCUT2D eigenvalue weighted by Gasteiger charge is -2.21. The molecule has 1 amide bonds. The van der Waals surface area contributed by atoms with Gasteiger partial charge in [0.05, 0.1) is 28.2 Å². The summed E-state index contributed by atoms with van der Waals surface area (Å²) < 4.78 is 0. The smallest absolute Gasteiger partial charge is 0.260 e. The molecule has 4 heterocycles. The van der Waals surface area contributed by atoms with Crippen molar-refractivity contribution in [1.82, 2.24) is 20.5 Å². The van der Waals surface area contributed by atoms with E-state index in [4.69, 9.17) is 5.41 Å². The second-order valence-electron chi connectivity index (χ2n) is 5.18. The van der Waals surface area contributed by atoms with Crippen molar-refractivity contribution in [3.8, 4) is 0 Å². The molecule has 0 unspecified atom stereocenters. The molecule has 0 aliphatic carbocycles. The minimum atomic E-state index is -0.299. The van der Waals surface area contributed by atoms with Crippen molar-refractivity contribution in [3.05, 3.63) is 58.3 Å². The van der Waals surface area contributed by atoms with Crippen molar-refractivity contribution in [1.29, 1.82) is 5.41 Å². The summed E-state index contributed by atoms with van der Waals surface area (Å²) >= 11 is 1.40. The maximum absolute atomic E-state index is 12.4. The second-order valence-corrected chi connectivity index (χ2v) is 6.24. The summed E-state index contributed by atoms with van der Waals surface area (Å²) in [6.07, 6.45) is 6.98. The van der Waals surface area contributed by atoms with Crippen molar-refractivity contribution >= 4 is 34.0 Å². The number of fused-ring (bicyclic) bond motifs is 1. The van der Waals surface area contributed by atoms with Crippen LogP contribution in [0, 0.1) is 12.3 Å². The monoisotopic (exact) mass is 324 g/mol. The molecule has 0 atom stereocenters. The van der Waals surface area contributed by atoms with E-state index in [9.17, 15) is 4.79 Å². The fraction of sp³-hybridized carbons (Fsp3) is 0.0667. The molecule has 0 spiro atoms. The Morgan fingerprint density at radius 2 is 2.17 bits per heavy atom. The largest absolute Gasteiger partial charge is 0.354 e. The quantitative estimate of drug-likeness (QED) is 0.600. The Kier molecular flexibility index (Phi) is 3.05. The number of hydrogen-bond acceptors (Lipinski definition) is 6. The van der Waals surface area contributed by atoms with Gasteiger partial charge < -0.3 is 10.6 Å². The first-order valence-corrected chi connectivity index (χ1v) is 7.70. The third-order valence-electron chi connectivity index (χ3n) is 3.54. The fourth-order valence-corrected chi connectivity index (χ4v) is 3.43. The van der Waals surface area contributed by atoms with Crippen LogP contribution in [-0.2, 0) is 4.79 Å². The molecule has 2 aliphatic heterocycles. The third kappa shape index (κ3) is 2.23. The Labute approximate surface area is 135 Å². The number of aromatic amines is 1. The van der Waals surface area contributed by atoms with Crippen LogP contribution >= 0.6 is 11.8 Å². The zero-order valence-corrected chi connectivity index (χ0v) is 12.9. The van der Waals surface area contributed by atoms with Crippen molar-refractivity contribution in [2.45, 2.75) is 6.92 Å². The summed E-state index contributed by atoms with van der Waals surface area (Å²) in [7, 11) is 0. The number of thioether (sulfide) groups is 1. The van der Waals surface area contributed by atoms with Gasteiger partial charge in [0.2, 0.25) is 0 Å². The summed E-state index contributed by atoms with van der Waals surface area (Å²) in [5.41, 5.74) is 3.35. The summed E-state index contributed by atoms with van der Waals surface area (Å²) in [6, 6.07) is 1.82. The van der Waals surface area contributed by atoms with E-state index in [0.717, 1.165) is 16.0 Å². The minimum Gasteiger partial charge on any atom is -0.354 e. The van der Waals surface area contributed by atoms with Gasteiger partial charge in [0.1, 0.15) is 5.69 Å². The van der Waals surface area contributed by atoms with Crippen LogP contribution in [0.2, 0.25) is 0 Å². The molecule has 0 aromatic carbocycles. The number of carbonyl (C=O) groups is 1. The zero-order valence-electron chi connectivity index (χ0n) is 12.1. The number of nitrogens with zero attached hydrogens (tertiary/aromatic N) is 2. The predicted octanol–water partition coefficient (Wildman–Crippen LogP) is 1.98. The predicted molar refractivity (Wildman–Crippen MR) is 88.7 cm³/mol. The summed E-state index contributed by atoms with van der Waals surface area (Å²) in [5, 5.41) is 21.5. The number of hydrogen-bond donors (Lipinski definition) is 4. The Hall–Kier alpha value is -2.87. The number of aryl methyl sites for hydroxylation is 1. The number of H-pyrrole nitrogens is 1. The highest BCUT2D eigenvalue weighted by molar-refractivity contribution is 8.12. The molecule has 2 aromatic heterocycles. The molecule has 4 N–H and O–H groups in total. The molecule has 8 heteroatoms. The molecule has 0 radical (unpaired) electrons. The van der Waals surface area contributed by atoms with Crippen LogP contribution in [0.4, 0.5) is 5.69 Å². The minimum absolute atomic E-state index is 0.126. The first kappa shape index (κ1) is 13.8. The molecule has 4 rings (SSSR count). The molecule has 2 aliphatic rings. The maximum atomic E-state index is 12.4. The molecule has 23 heavy (non-hydrogen) atoms. The van der Waals surface area contributed by atoms with Gasteiger partial charge in [-0.25, -0.2) is 0 Å². The van der Waals surface area contributed by atoms with Crippen molar-refractivity contribution in [3.63, 3.8) is 0 Å². The van der Waals surface area contributed by atoms with Crippen LogP contribution < -0.4 is 10.6 Å². The van der Waals surface area contributed by atoms with Gasteiger partial charge in [-0.1, -0.05) is 11.8 Å². The highest BCUT2D eigenvalue weighted by Gasteiger charge is 2.31. The van der Waals surface area contributed by atoms with Gasteiger partial charge in [-0.2, -0.15) is 5.10 Å². The lowest BCUT2D eigenvalue weighted by atomic mass is 10.0. The van der Waals surface area contributed by atoms with Crippen LogP contribution in [0.3, 0.4) is 0 Å². The lowest BCUT2D eigenvalue weighted by molar-refractivity contribution is -0.112. The Bertz CT molecular complexity index is 897. The number of amides is 1. The van der Waals surface area contributed by atoms with Gasteiger partial charge in [0.25, 0.3) is 5.91 Å². The number of nitrogens with one attached hydrogen (secondary N) is 4. The highest BCUT2D eigenvalue weighted by atomic mass is 32.2. The maximum Gasteiger partial charge on any atom is 0.260 e. The number of pyridine rings is 1. The van der Waals surface area contributed by atoms with Gasteiger partial charge in [-0.15, -0.1) is 0 Å². The number of carbonyl (C=O) groups excluding carboxylic acids is 1. The van der Waals surface area contributed by atoms with E-state index in [1.165, 1.54) is 11.8 Å². The second kappa shape index (κ2) is 5.10. The van der Waals surface area contributed by atoms with Gasteiger partial charge in [-0.3, -0.25) is 20.3 Å². The average Bonchev–Trinajstić information content (AvgIpc) is 3.17. The van der Waals surface area contributed by atoms with E-state index < -0.39 is 0 Å². The lowest BCUT2D eigenvalue weighted by Crippen LogP contribution is -2.30. The van der Waals surface area contributed by atoms with Crippen LogP contribution in [-0.4, -0.2) is 26.8 Å². The Morgan fingerprint density at radius 3 is 2.96 bits per heavy atom. The number of aromatic nitrogens is 3. The van der Waals surface area contributed by atoms with Gasteiger partial charge >= 0.3 is 0 Å². The number of anilines is 1. The topological polar surface area (TPSA) is 107 Å². The first-order chi connectivity index (χ1) is 11.1.